The molecule has 144 valence electrons. The average molecular weight is 369 g/mol. The van der Waals surface area contributed by atoms with Crippen LogP contribution in [0.2, 0.25) is 0 Å². The first-order chi connectivity index (χ1) is 12.9. The molecule has 2 atom stereocenters. The summed E-state index contributed by atoms with van der Waals surface area (Å²) in [4.78, 5) is 16.5. The van der Waals surface area contributed by atoms with Crippen LogP contribution in [-0.2, 0) is 11.3 Å². The second kappa shape index (κ2) is 8.31. The summed E-state index contributed by atoms with van der Waals surface area (Å²) in [5.74, 6) is 0.189. The molecule has 1 fully saturated rings. The topological polar surface area (TPSA) is 65.0 Å². The van der Waals surface area contributed by atoms with E-state index in [0.29, 0.717) is 12.1 Å². The molecule has 27 heavy (non-hydrogen) atoms. The van der Waals surface area contributed by atoms with E-state index in [9.17, 15) is 9.90 Å². The van der Waals surface area contributed by atoms with Gasteiger partial charge in [-0.25, -0.2) is 4.79 Å². The van der Waals surface area contributed by atoms with Gasteiger partial charge in [-0.3, -0.25) is 0 Å². The Hall–Kier alpha value is -2.73. The van der Waals surface area contributed by atoms with E-state index in [1.165, 1.54) is 0 Å². The smallest absolute Gasteiger partial charge is 0.321 e. The van der Waals surface area contributed by atoms with Crippen molar-refractivity contribution in [2.75, 3.05) is 30.4 Å². The minimum Gasteiger partial charge on any atom is -0.508 e. The van der Waals surface area contributed by atoms with Crippen molar-refractivity contribution in [2.24, 2.45) is 0 Å². The van der Waals surface area contributed by atoms with Crippen molar-refractivity contribution < 1.29 is 14.6 Å². The molecule has 2 N–H and O–H groups in total. The first kappa shape index (κ1) is 19.0. The maximum Gasteiger partial charge on any atom is 0.321 e. The van der Waals surface area contributed by atoms with E-state index < -0.39 is 0 Å². The van der Waals surface area contributed by atoms with E-state index in [0.717, 1.165) is 24.5 Å². The van der Waals surface area contributed by atoms with Crippen molar-refractivity contribution in [1.29, 1.82) is 0 Å². The Kier molecular flexibility index (Phi) is 5.86. The molecule has 6 nitrogen and oxygen atoms in total. The second-order valence-corrected chi connectivity index (χ2v) is 7.09. The fraction of sp³-hybridized carbons (Fsp3) is 0.381. The quantitative estimate of drug-likeness (QED) is 0.863. The number of morpholine rings is 1. The van der Waals surface area contributed by atoms with Crippen LogP contribution < -0.4 is 10.2 Å². The van der Waals surface area contributed by atoms with Crippen LogP contribution in [0.15, 0.2) is 48.5 Å². The van der Waals surface area contributed by atoms with Gasteiger partial charge in [0, 0.05) is 25.7 Å². The molecule has 0 spiro atoms. The summed E-state index contributed by atoms with van der Waals surface area (Å²) < 4.78 is 5.81. The lowest BCUT2D eigenvalue weighted by Crippen LogP contribution is -2.45. The van der Waals surface area contributed by atoms with E-state index >= 15 is 0 Å². The summed E-state index contributed by atoms with van der Waals surface area (Å²) >= 11 is 0. The number of nitrogens with one attached hydrogen (secondary N) is 1. The first-order valence-corrected chi connectivity index (χ1v) is 9.22. The van der Waals surface area contributed by atoms with E-state index in [1.54, 1.807) is 24.1 Å². The number of ether oxygens (including phenoxy) is 1. The molecule has 2 aromatic carbocycles. The highest BCUT2D eigenvalue weighted by molar-refractivity contribution is 5.93. The third-order valence-corrected chi connectivity index (χ3v) is 4.65. The number of anilines is 2. The lowest BCUT2D eigenvalue weighted by atomic mass is 10.1. The highest BCUT2D eigenvalue weighted by Crippen LogP contribution is 2.29. The van der Waals surface area contributed by atoms with Crippen LogP contribution >= 0.6 is 0 Å². The summed E-state index contributed by atoms with van der Waals surface area (Å²) in [7, 11) is 1.71. The number of nitrogens with zero attached hydrogens (tertiary/aromatic N) is 2. The minimum atomic E-state index is -0.222. The number of hydrogen-bond donors (Lipinski definition) is 2. The van der Waals surface area contributed by atoms with Gasteiger partial charge in [0.15, 0.2) is 0 Å². The predicted molar refractivity (Wildman–Crippen MR) is 107 cm³/mol. The molecule has 2 amide bonds. The zero-order chi connectivity index (χ0) is 19.4. The van der Waals surface area contributed by atoms with Gasteiger partial charge < -0.3 is 25.0 Å². The molecule has 6 heteroatoms. The number of benzene rings is 2. The van der Waals surface area contributed by atoms with E-state index in [-0.39, 0.29) is 24.0 Å². The van der Waals surface area contributed by atoms with Gasteiger partial charge in [-0.1, -0.05) is 30.3 Å². The molecule has 0 saturated carbocycles. The van der Waals surface area contributed by atoms with Crippen LogP contribution in [0.25, 0.3) is 0 Å². The number of amides is 2. The molecule has 1 aliphatic rings. The lowest BCUT2D eigenvalue weighted by molar-refractivity contribution is -0.00517. The highest BCUT2D eigenvalue weighted by atomic mass is 16.5. The van der Waals surface area contributed by atoms with Crippen molar-refractivity contribution in [3.8, 4) is 5.75 Å². The minimum absolute atomic E-state index is 0.140. The molecule has 1 aliphatic heterocycles. The van der Waals surface area contributed by atoms with Crippen LogP contribution in [0.5, 0.6) is 5.75 Å². The van der Waals surface area contributed by atoms with E-state index in [1.807, 2.05) is 36.4 Å². The number of aromatic hydroxyl groups is 1. The maximum absolute atomic E-state index is 12.7. The highest BCUT2D eigenvalue weighted by Gasteiger charge is 2.24. The Morgan fingerprint density at radius 3 is 2.48 bits per heavy atom. The number of hydrogen-bond acceptors (Lipinski definition) is 4. The molecule has 0 unspecified atom stereocenters. The zero-order valence-electron chi connectivity index (χ0n) is 16.1. The van der Waals surface area contributed by atoms with Crippen LogP contribution in [0, 0.1) is 0 Å². The van der Waals surface area contributed by atoms with Gasteiger partial charge in [0.25, 0.3) is 0 Å². The molecule has 3 rings (SSSR count). The Balaban J connectivity index is 1.72. The van der Waals surface area contributed by atoms with Crippen LogP contribution in [0.3, 0.4) is 0 Å². The fourth-order valence-corrected chi connectivity index (χ4v) is 3.41. The number of phenols is 1. The Morgan fingerprint density at radius 2 is 1.78 bits per heavy atom. The summed E-state index contributed by atoms with van der Waals surface area (Å²) in [5, 5.41) is 12.9. The molecule has 0 radical (unpaired) electrons. The molecular weight excluding hydrogens is 342 g/mol. The van der Waals surface area contributed by atoms with Gasteiger partial charge in [-0.2, -0.15) is 0 Å². The van der Waals surface area contributed by atoms with Crippen LogP contribution in [0.4, 0.5) is 16.2 Å². The van der Waals surface area contributed by atoms with Gasteiger partial charge in [0.05, 0.1) is 30.1 Å². The van der Waals surface area contributed by atoms with Crippen molar-refractivity contribution in [3.05, 3.63) is 54.1 Å². The molecule has 1 saturated heterocycles. The van der Waals surface area contributed by atoms with Crippen LogP contribution in [-0.4, -0.2) is 48.4 Å². The van der Waals surface area contributed by atoms with Crippen molar-refractivity contribution in [1.82, 2.24) is 4.90 Å². The predicted octanol–water partition coefficient (Wildman–Crippen LogP) is 3.67. The zero-order valence-corrected chi connectivity index (χ0v) is 16.1. The Bertz CT molecular complexity index is 786. The normalized spacial score (nSPS) is 19.6. The van der Waals surface area contributed by atoms with Crippen molar-refractivity contribution in [2.45, 2.75) is 32.6 Å². The summed E-state index contributed by atoms with van der Waals surface area (Å²) in [6.07, 6.45) is 0.280. The number of rotatable bonds is 4. The molecule has 1 heterocycles. The Morgan fingerprint density at radius 1 is 1.15 bits per heavy atom. The summed E-state index contributed by atoms with van der Waals surface area (Å²) in [6.45, 7) is 6.01. The van der Waals surface area contributed by atoms with Crippen molar-refractivity contribution in [3.63, 3.8) is 0 Å². The molecule has 0 bridgehead atoms. The van der Waals surface area contributed by atoms with E-state index in [2.05, 4.69) is 24.1 Å². The number of urea groups is 1. The molecule has 0 aromatic heterocycles. The van der Waals surface area contributed by atoms with Gasteiger partial charge in [-0.15, -0.1) is 0 Å². The van der Waals surface area contributed by atoms with Gasteiger partial charge in [-0.05, 0) is 32.0 Å². The van der Waals surface area contributed by atoms with Crippen LogP contribution in [0.1, 0.15) is 19.4 Å². The number of para-hydroxylation sites is 3. The van der Waals surface area contributed by atoms with Crippen molar-refractivity contribution >= 4 is 17.4 Å². The Labute approximate surface area is 160 Å². The first-order valence-electron chi connectivity index (χ1n) is 9.22. The third kappa shape index (κ3) is 4.71. The monoisotopic (exact) mass is 369 g/mol. The maximum atomic E-state index is 12.7. The lowest BCUT2D eigenvalue weighted by Gasteiger charge is -2.37. The van der Waals surface area contributed by atoms with Gasteiger partial charge in [0.2, 0.25) is 0 Å². The summed E-state index contributed by atoms with van der Waals surface area (Å²) in [5.41, 5.74) is 2.47. The number of phenolic OH excluding ortho intramolecular Hbond substituents is 1. The number of carbonyl (C=O) groups is 1. The fourth-order valence-electron chi connectivity index (χ4n) is 3.41. The molecule has 0 aliphatic carbocycles. The largest absolute Gasteiger partial charge is 0.508 e. The van der Waals surface area contributed by atoms with Gasteiger partial charge >= 0.3 is 6.03 Å². The van der Waals surface area contributed by atoms with Gasteiger partial charge in [0.1, 0.15) is 5.75 Å². The molecule has 2 aromatic rings. The standard InChI is InChI=1S/C21H27N3O3/c1-15-12-24(13-16(2)27-15)19-10-6-5-9-18(19)22-21(26)23(3)14-17-8-4-7-11-20(17)25/h4-11,15-16,25H,12-14H2,1-3H3,(H,22,26)/t15-,16-/m1/s1. The SMILES string of the molecule is C[C@@H]1CN(c2ccccc2NC(=O)N(C)Cc2ccccc2O)C[C@@H](C)O1. The van der Waals surface area contributed by atoms with E-state index in [4.69, 9.17) is 4.74 Å². The average Bonchev–Trinajstić information content (AvgIpc) is 2.63. The number of carbonyl (C=O) groups excluding carboxylic acids is 1. The second-order valence-electron chi connectivity index (χ2n) is 7.09. The third-order valence-electron chi connectivity index (χ3n) is 4.65. The molecular formula is C21H27N3O3. The summed E-state index contributed by atoms with van der Waals surface area (Å²) in [6, 6.07) is 14.6.